The van der Waals surface area contributed by atoms with Gasteiger partial charge >= 0.3 is 6.18 Å². The minimum absolute atomic E-state index is 0.121. The molecule has 0 saturated carbocycles. The summed E-state index contributed by atoms with van der Waals surface area (Å²) in [5.74, 6) is 3.51. The summed E-state index contributed by atoms with van der Waals surface area (Å²) >= 11 is 0.782. The number of nitrogens with one attached hydrogen (secondary N) is 1. The normalized spacial score (nSPS) is 12.9. The van der Waals surface area contributed by atoms with E-state index in [1.807, 2.05) is 37.3 Å². The minimum atomic E-state index is -4.69. The lowest BCUT2D eigenvalue weighted by atomic mass is 10.1. The van der Waals surface area contributed by atoms with Gasteiger partial charge in [-0.3, -0.25) is 4.79 Å². The molecule has 0 unspecified atom stereocenters. The lowest BCUT2D eigenvalue weighted by molar-refractivity contribution is -0.146. The van der Waals surface area contributed by atoms with Gasteiger partial charge in [-0.05, 0) is 12.5 Å². The fourth-order valence-corrected chi connectivity index (χ4v) is 2.47. The summed E-state index contributed by atoms with van der Waals surface area (Å²) in [6.45, 7) is 1.81. The summed E-state index contributed by atoms with van der Waals surface area (Å²) in [5.41, 5.74) is 0.923. The second kappa shape index (κ2) is 6.90. The van der Waals surface area contributed by atoms with Gasteiger partial charge in [0.25, 0.3) is 5.82 Å². The third-order valence-corrected chi connectivity index (χ3v) is 3.87. The van der Waals surface area contributed by atoms with E-state index in [2.05, 4.69) is 15.5 Å². The Hall–Kier alpha value is -2.23. The Kier molecular flexibility index (Phi) is 5.14. The quantitative estimate of drug-likeness (QED) is 0.639. The standard InChI is InChI=1S/C13H14F3N5OS/c1-8(9-5-3-2-4-6-9)18-10(22)7-23-12-20-19-11(21(12)17)13(14,15)16/h2-6,8H,7,17H2,1H3,(H,18,22)/t8-/m0/s1. The maximum Gasteiger partial charge on any atom is 0.453 e. The number of benzene rings is 1. The Morgan fingerprint density at radius 2 is 2.00 bits per heavy atom. The first kappa shape index (κ1) is 17.1. The summed E-state index contributed by atoms with van der Waals surface area (Å²) < 4.78 is 37.9. The molecule has 23 heavy (non-hydrogen) atoms. The molecule has 1 atom stereocenters. The fourth-order valence-electron chi connectivity index (χ4n) is 1.81. The van der Waals surface area contributed by atoms with Crippen molar-refractivity contribution in [3.05, 3.63) is 41.7 Å². The molecule has 0 spiro atoms. The second-order valence-electron chi connectivity index (χ2n) is 4.66. The maximum absolute atomic E-state index is 12.5. The first-order chi connectivity index (χ1) is 10.8. The minimum Gasteiger partial charge on any atom is -0.349 e. The number of hydrogen-bond acceptors (Lipinski definition) is 5. The fraction of sp³-hybridized carbons (Fsp3) is 0.308. The van der Waals surface area contributed by atoms with E-state index in [1.165, 1.54) is 0 Å². The molecule has 3 N–H and O–H groups in total. The van der Waals surface area contributed by atoms with Crippen molar-refractivity contribution in [3.8, 4) is 0 Å². The van der Waals surface area contributed by atoms with Crippen LogP contribution in [0.4, 0.5) is 13.2 Å². The summed E-state index contributed by atoms with van der Waals surface area (Å²) in [5, 5.41) is 8.89. The number of alkyl halides is 3. The van der Waals surface area contributed by atoms with Crippen LogP contribution >= 0.6 is 11.8 Å². The molecule has 0 bridgehead atoms. The number of carbonyl (C=O) groups excluding carboxylic acids is 1. The lowest BCUT2D eigenvalue weighted by Crippen LogP contribution is -2.28. The van der Waals surface area contributed by atoms with Gasteiger partial charge in [0.1, 0.15) is 0 Å². The number of nitrogen functional groups attached to an aromatic ring is 1. The van der Waals surface area contributed by atoms with E-state index in [0.29, 0.717) is 4.68 Å². The second-order valence-corrected chi connectivity index (χ2v) is 5.61. The van der Waals surface area contributed by atoms with Gasteiger partial charge < -0.3 is 11.2 Å². The van der Waals surface area contributed by atoms with Crippen LogP contribution in [0.5, 0.6) is 0 Å². The van der Waals surface area contributed by atoms with Crippen molar-refractivity contribution in [3.63, 3.8) is 0 Å². The Morgan fingerprint density at radius 3 is 2.57 bits per heavy atom. The topological polar surface area (TPSA) is 85.8 Å². The zero-order valence-corrected chi connectivity index (χ0v) is 12.9. The summed E-state index contributed by atoms with van der Waals surface area (Å²) in [4.78, 5) is 11.9. The molecule has 1 amide bonds. The first-order valence-electron chi connectivity index (χ1n) is 6.54. The largest absolute Gasteiger partial charge is 0.453 e. The van der Waals surface area contributed by atoms with Gasteiger partial charge in [-0.1, -0.05) is 42.1 Å². The van der Waals surface area contributed by atoms with E-state index >= 15 is 0 Å². The van der Waals surface area contributed by atoms with Gasteiger partial charge in [0.05, 0.1) is 11.8 Å². The molecule has 0 aliphatic heterocycles. The highest BCUT2D eigenvalue weighted by Gasteiger charge is 2.38. The SMILES string of the molecule is C[C@H](NC(=O)CSc1nnc(C(F)(F)F)n1N)c1ccccc1. The Balaban J connectivity index is 1.91. The summed E-state index contributed by atoms with van der Waals surface area (Å²) in [7, 11) is 0. The molecule has 1 aromatic carbocycles. The molecular formula is C13H14F3N5OS. The third kappa shape index (κ3) is 4.38. The number of aromatic nitrogens is 3. The summed E-state index contributed by atoms with van der Waals surface area (Å²) in [6.07, 6.45) is -4.69. The van der Waals surface area contributed by atoms with Crippen LogP contribution in [-0.2, 0) is 11.0 Å². The Morgan fingerprint density at radius 1 is 1.35 bits per heavy atom. The molecule has 0 saturated heterocycles. The predicted octanol–water partition coefficient (Wildman–Crippen LogP) is 1.98. The molecule has 124 valence electrons. The molecule has 0 aliphatic carbocycles. The van der Waals surface area contributed by atoms with Gasteiger partial charge in [0.2, 0.25) is 11.1 Å². The van der Waals surface area contributed by atoms with E-state index < -0.39 is 12.0 Å². The van der Waals surface area contributed by atoms with Crippen molar-refractivity contribution < 1.29 is 18.0 Å². The van der Waals surface area contributed by atoms with Crippen LogP contribution < -0.4 is 11.2 Å². The van der Waals surface area contributed by atoms with Crippen molar-refractivity contribution in [2.75, 3.05) is 11.6 Å². The molecule has 1 aromatic heterocycles. The zero-order chi connectivity index (χ0) is 17.0. The Bertz CT molecular complexity index is 674. The molecule has 0 fully saturated rings. The van der Waals surface area contributed by atoms with Gasteiger partial charge in [0.15, 0.2) is 0 Å². The average Bonchev–Trinajstić information content (AvgIpc) is 2.87. The van der Waals surface area contributed by atoms with Crippen molar-refractivity contribution in [2.45, 2.75) is 24.3 Å². The van der Waals surface area contributed by atoms with Crippen LogP contribution in [0.1, 0.15) is 24.4 Å². The molecular weight excluding hydrogens is 331 g/mol. The highest BCUT2D eigenvalue weighted by molar-refractivity contribution is 7.99. The zero-order valence-electron chi connectivity index (χ0n) is 12.0. The van der Waals surface area contributed by atoms with Crippen LogP contribution in [0, 0.1) is 0 Å². The number of nitrogens with two attached hydrogens (primary N) is 1. The van der Waals surface area contributed by atoms with Crippen LogP contribution in [0.15, 0.2) is 35.5 Å². The number of halogens is 3. The molecule has 6 nitrogen and oxygen atoms in total. The van der Waals surface area contributed by atoms with Crippen LogP contribution in [0.2, 0.25) is 0 Å². The van der Waals surface area contributed by atoms with E-state index in [-0.39, 0.29) is 22.9 Å². The maximum atomic E-state index is 12.5. The van der Waals surface area contributed by atoms with E-state index in [0.717, 1.165) is 17.3 Å². The molecule has 2 rings (SSSR count). The third-order valence-electron chi connectivity index (χ3n) is 2.93. The van der Waals surface area contributed by atoms with Gasteiger partial charge in [-0.2, -0.15) is 13.2 Å². The van der Waals surface area contributed by atoms with Crippen molar-refractivity contribution in [2.24, 2.45) is 0 Å². The van der Waals surface area contributed by atoms with Crippen molar-refractivity contribution in [1.29, 1.82) is 0 Å². The highest BCUT2D eigenvalue weighted by Crippen LogP contribution is 2.28. The average molecular weight is 345 g/mol. The van der Waals surface area contributed by atoms with Gasteiger partial charge in [-0.15, -0.1) is 10.2 Å². The number of rotatable bonds is 5. The van der Waals surface area contributed by atoms with Crippen molar-refractivity contribution in [1.82, 2.24) is 20.2 Å². The number of amides is 1. The van der Waals surface area contributed by atoms with Crippen molar-refractivity contribution >= 4 is 17.7 Å². The van der Waals surface area contributed by atoms with Crippen LogP contribution in [0.3, 0.4) is 0 Å². The lowest BCUT2D eigenvalue weighted by Gasteiger charge is -2.13. The van der Waals surface area contributed by atoms with Gasteiger partial charge in [0, 0.05) is 0 Å². The smallest absolute Gasteiger partial charge is 0.349 e. The molecule has 0 aliphatic rings. The van der Waals surface area contributed by atoms with Crippen LogP contribution in [-0.4, -0.2) is 26.5 Å². The summed E-state index contributed by atoms with van der Waals surface area (Å²) in [6, 6.07) is 9.07. The monoisotopic (exact) mass is 345 g/mol. The Labute approximate surface area is 134 Å². The molecule has 1 heterocycles. The number of nitrogens with zero attached hydrogens (tertiary/aromatic N) is 3. The number of hydrogen-bond donors (Lipinski definition) is 2. The van der Waals surface area contributed by atoms with Crippen LogP contribution in [0.25, 0.3) is 0 Å². The number of carbonyl (C=O) groups is 1. The van der Waals surface area contributed by atoms with Gasteiger partial charge in [-0.25, -0.2) is 4.68 Å². The highest BCUT2D eigenvalue weighted by atomic mass is 32.2. The first-order valence-corrected chi connectivity index (χ1v) is 7.52. The van der Waals surface area contributed by atoms with E-state index in [9.17, 15) is 18.0 Å². The van der Waals surface area contributed by atoms with E-state index in [4.69, 9.17) is 5.84 Å². The molecule has 10 heteroatoms. The van der Waals surface area contributed by atoms with E-state index in [1.54, 1.807) is 0 Å². The number of thioether (sulfide) groups is 1. The molecule has 0 radical (unpaired) electrons. The predicted molar refractivity (Wildman–Crippen MR) is 78.9 cm³/mol. The molecule has 2 aromatic rings.